The number of nitrogens with one attached hydrogen (secondary N) is 2. The molecule has 0 aromatic carbocycles. The average molecular weight is 268 g/mol. The zero-order chi connectivity index (χ0) is 13.3. The molecule has 0 aromatic heterocycles. The van der Waals surface area contributed by atoms with E-state index in [-0.39, 0.29) is 5.91 Å². The highest BCUT2D eigenvalue weighted by Gasteiger charge is 2.16. The first-order chi connectivity index (χ1) is 9.34. The maximum atomic E-state index is 11.8. The third kappa shape index (κ3) is 5.91. The molecule has 2 aliphatic rings. The number of ether oxygens (including phenoxy) is 1. The fourth-order valence-electron chi connectivity index (χ4n) is 3.02. The fraction of sp³-hybridized carbons (Fsp3) is 0.933. The molecule has 2 N–H and O–H groups in total. The largest absolute Gasteiger partial charge is 0.381 e. The lowest BCUT2D eigenvalue weighted by molar-refractivity contribution is -0.121. The average Bonchev–Trinajstić information content (AvgIpc) is 2.79. The van der Waals surface area contributed by atoms with Crippen LogP contribution in [0.5, 0.6) is 0 Å². The van der Waals surface area contributed by atoms with Crippen molar-refractivity contribution in [2.24, 2.45) is 5.92 Å². The maximum Gasteiger partial charge on any atom is 0.234 e. The molecule has 1 heterocycles. The SMILES string of the molecule is O=C(CNCCC1CCOC1)NC1CCCCCC1. The van der Waals surface area contributed by atoms with Gasteiger partial charge in [-0.2, -0.15) is 0 Å². The number of carbonyl (C=O) groups excluding carboxylic acids is 1. The van der Waals surface area contributed by atoms with Crippen molar-refractivity contribution in [2.45, 2.75) is 57.4 Å². The highest BCUT2D eigenvalue weighted by Crippen LogP contribution is 2.17. The van der Waals surface area contributed by atoms with Gasteiger partial charge in [0.1, 0.15) is 0 Å². The van der Waals surface area contributed by atoms with Gasteiger partial charge in [0.15, 0.2) is 0 Å². The van der Waals surface area contributed by atoms with Crippen molar-refractivity contribution in [3.8, 4) is 0 Å². The first-order valence-corrected chi connectivity index (χ1v) is 7.92. The van der Waals surface area contributed by atoms with Crippen LogP contribution in [0.15, 0.2) is 0 Å². The van der Waals surface area contributed by atoms with Gasteiger partial charge in [0.2, 0.25) is 5.91 Å². The second-order valence-electron chi connectivity index (χ2n) is 5.95. The van der Waals surface area contributed by atoms with Crippen molar-refractivity contribution < 1.29 is 9.53 Å². The Kier molecular flexibility index (Phi) is 6.65. The molecule has 1 saturated heterocycles. The van der Waals surface area contributed by atoms with Gasteiger partial charge in [0, 0.05) is 19.3 Å². The summed E-state index contributed by atoms with van der Waals surface area (Å²) < 4.78 is 5.34. The first-order valence-electron chi connectivity index (χ1n) is 7.92. The van der Waals surface area contributed by atoms with E-state index in [1.54, 1.807) is 0 Å². The minimum Gasteiger partial charge on any atom is -0.381 e. The van der Waals surface area contributed by atoms with Crippen LogP contribution in [0.1, 0.15) is 51.4 Å². The van der Waals surface area contributed by atoms with Crippen LogP contribution in [-0.4, -0.2) is 38.3 Å². The molecule has 1 aliphatic carbocycles. The summed E-state index contributed by atoms with van der Waals surface area (Å²) in [6, 6.07) is 0.417. The summed E-state index contributed by atoms with van der Waals surface area (Å²) in [6.45, 7) is 3.19. The Bertz CT molecular complexity index is 257. The summed E-state index contributed by atoms with van der Waals surface area (Å²) in [4.78, 5) is 11.8. The molecule has 1 amide bonds. The molecule has 4 nitrogen and oxygen atoms in total. The van der Waals surface area contributed by atoms with E-state index >= 15 is 0 Å². The lowest BCUT2D eigenvalue weighted by Gasteiger charge is -2.16. The lowest BCUT2D eigenvalue weighted by atomic mass is 10.1. The molecule has 0 spiro atoms. The number of amides is 1. The molecule has 0 aromatic rings. The predicted octanol–water partition coefficient (Wildman–Crippen LogP) is 1.84. The highest BCUT2D eigenvalue weighted by atomic mass is 16.5. The Morgan fingerprint density at radius 2 is 1.89 bits per heavy atom. The molecule has 1 saturated carbocycles. The summed E-state index contributed by atoms with van der Waals surface area (Å²) >= 11 is 0. The predicted molar refractivity (Wildman–Crippen MR) is 76.0 cm³/mol. The van der Waals surface area contributed by atoms with E-state index in [0.29, 0.717) is 18.5 Å². The van der Waals surface area contributed by atoms with Crippen molar-refractivity contribution in [2.75, 3.05) is 26.3 Å². The number of rotatable bonds is 6. The third-order valence-electron chi connectivity index (χ3n) is 4.26. The molecule has 1 atom stereocenters. The van der Waals surface area contributed by atoms with Gasteiger partial charge in [0.25, 0.3) is 0 Å². The first kappa shape index (κ1) is 14.8. The van der Waals surface area contributed by atoms with Gasteiger partial charge >= 0.3 is 0 Å². The van der Waals surface area contributed by atoms with Gasteiger partial charge in [-0.1, -0.05) is 25.7 Å². The van der Waals surface area contributed by atoms with E-state index in [4.69, 9.17) is 4.74 Å². The Morgan fingerprint density at radius 3 is 2.58 bits per heavy atom. The molecular formula is C15H28N2O2. The van der Waals surface area contributed by atoms with E-state index < -0.39 is 0 Å². The lowest BCUT2D eigenvalue weighted by Crippen LogP contribution is -2.40. The van der Waals surface area contributed by atoms with Crippen LogP contribution in [0.4, 0.5) is 0 Å². The third-order valence-corrected chi connectivity index (χ3v) is 4.26. The standard InChI is InChI=1S/C15H28N2O2/c18-15(17-14-5-3-1-2-4-6-14)11-16-9-7-13-8-10-19-12-13/h13-14,16H,1-12H2,(H,17,18). The second-order valence-corrected chi connectivity index (χ2v) is 5.95. The normalized spacial score (nSPS) is 25.2. The van der Waals surface area contributed by atoms with E-state index in [2.05, 4.69) is 10.6 Å². The minimum atomic E-state index is 0.162. The molecule has 19 heavy (non-hydrogen) atoms. The van der Waals surface area contributed by atoms with Crippen molar-refractivity contribution in [3.05, 3.63) is 0 Å². The Hall–Kier alpha value is -0.610. The van der Waals surface area contributed by atoms with Crippen molar-refractivity contribution in [1.29, 1.82) is 0 Å². The Morgan fingerprint density at radius 1 is 1.11 bits per heavy atom. The van der Waals surface area contributed by atoms with Gasteiger partial charge < -0.3 is 15.4 Å². The van der Waals surface area contributed by atoms with Crippen LogP contribution >= 0.6 is 0 Å². The second kappa shape index (κ2) is 8.54. The molecule has 1 aliphatic heterocycles. The smallest absolute Gasteiger partial charge is 0.234 e. The maximum absolute atomic E-state index is 11.8. The summed E-state index contributed by atoms with van der Waals surface area (Å²) in [5, 5.41) is 6.41. The van der Waals surface area contributed by atoms with Crippen molar-refractivity contribution in [1.82, 2.24) is 10.6 Å². The molecule has 0 bridgehead atoms. The Labute approximate surface area is 116 Å². The van der Waals surface area contributed by atoms with Crippen LogP contribution in [0.2, 0.25) is 0 Å². The number of hydrogen-bond acceptors (Lipinski definition) is 3. The molecule has 2 rings (SSSR count). The molecule has 0 radical (unpaired) electrons. The van der Waals surface area contributed by atoms with Gasteiger partial charge in [-0.25, -0.2) is 0 Å². The van der Waals surface area contributed by atoms with Crippen molar-refractivity contribution >= 4 is 5.91 Å². The fourth-order valence-corrected chi connectivity index (χ4v) is 3.02. The quantitative estimate of drug-likeness (QED) is 0.571. The van der Waals surface area contributed by atoms with Gasteiger partial charge in [-0.05, 0) is 38.1 Å². The summed E-state index contributed by atoms with van der Waals surface area (Å²) in [5.74, 6) is 0.854. The van der Waals surface area contributed by atoms with E-state index in [1.165, 1.54) is 32.1 Å². The minimum absolute atomic E-state index is 0.162. The van der Waals surface area contributed by atoms with E-state index in [0.717, 1.165) is 39.0 Å². The van der Waals surface area contributed by atoms with Crippen LogP contribution < -0.4 is 10.6 Å². The molecule has 1 unspecified atom stereocenters. The monoisotopic (exact) mass is 268 g/mol. The van der Waals surface area contributed by atoms with E-state index in [1.807, 2.05) is 0 Å². The van der Waals surface area contributed by atoms with Crippen LogP contribution in [-0.2, 0) is 9.53 Å². The number of carbonyl (C=O) groups is 1. The van der Waals surface area contributed by atoms with Crippen LogP contribution in [0.25, 0.3) is 0 Å². The molecular weight excluding hydrogens is 240 g/mol. The summed E-state index contributed by atoms with van der Waals surface area (Å²) in [5.41, 5.74) is 0. The highest BCUT2D eigenvalue weighted by molar-refractivity contribution is 5.78. The van der Waals surface area contributed by atoms with Crippen LogP contribution in [0, 0.1) is 5.92 Å². The van der Waals surface area contributed by atoms with Gasteiger partial charge in [-0.15, -0.1) is 0 Å². The topological polar surface area (TPSA) is 50.4 Å². The molecule has 2 fully saturated rings. The van der Waals surface area contributed by atoms with E-state index in [9.17, 15) is 4.79 Å². The zero-order valence-electron chi connectivity index (χ0n) is 12.0. The van der Waals surface area contributed by atoms with Crippen molar-refractivity contribution in [3.63, 3.8) is 0 Å². The van der Waals surface area contributed by atoms with Gasteiger partial charge in [0.05, 0.1) is 6.54 Å². The summed E-state index contributed by atoms with van der Waals surface area (Å²) in [6.07, 6.45) is 9.80. The zero-order valence-corrected chi connectivity index (χ0v) is 12.0. The van der Waals surface area contributed by atoms with Crippen LogP contribution in [0.3, 0.4) is 0 Å². The Balaban J connectivity index is 1.51. The molecule has 110 valence electrons. The summed E-state index contributed by atoms with van der Waals surface area (Å²) in [7, 11) is 0. The van der Waals surface area contributed by atoms with Gasteiger partial charge in [-0.3, -0.25) is 4.79 Å². The molecule has 4 heteroatoms. The number of hydrogen-bond donors (Lipinski definition) is 2.